The summed E-state index contributed by atoms with van der Waals surface area (Å²) in [5.74, 6) is 0.411. The van der Waals surface area contributed by atoms with E-state index in [9.17, 15) is 4.79 Å². The summed E-state index contributed by atoms with van der Waals surface area (Å²) in [4.78, 5) is 24.6. The van der Waals surface area contributed by atoms with Crippen LogP contribution in [0.3, 0.4) is 0 Å². The molecule has 0 saturated heterocycles. The van der Waals surface area contributed by atoms with Gasteiger partial charge in [-0.25, -0.2) is 9.78 Å². The zero-order valence-electron chi connectivity index (χ0n) is 17.2. The number of halogens is 1. The Labute approximate surface area is 184 Å². The number of H-pyrrole nitrogens is 1. The molecule has 1 atom stereocenters. The highest BCUT2D eigenvalue weighted by Crippen LogP contribution is 2.28. The van der Waals surface area contributed by atoms with Gasteiger partial charge in [0.15, 0.2) is 0 Å². The predicted octanol–water partition coefficient (Wildman–Crippen LogP) is 5.91. The van der Waals surface area contributed by atoms with E-state index < -0.39 is 0 Å². The molecule has 4 rings (SSSR count). The molecular formula is C24H24BrN3O2. The number of esters is 1. The van der Waals surface area contributed by atoms with Crippen molar-refractivity contribution in [1.29, 1.82) is 0 Å². The summed E-state index contributed by atoms with van der Waals surface area (Å²) < 4.78 is 5.74. The fourth-order valence-electron chi connectivity index (χ4n) is 3.22. The number of carbonyl (C=O) groups is 1. The SMILES string of the molecule is CC.COC(=O)c1ccc2nc(C(Cc3ccccc3)c3ccc(Br)cn3)[nH]c2c1. The smallest absolute Gasteiger partial charge is 0.337 e. The van der Waals surface area contributed by atoms with E-state index in [2.05, 4.69) is 38.0 Å². The number of aromatic nitrogens is 3. The number of nitrogens with one attached hydrogen (secondary N) is 1. The Balaban J connectivity index is 0.00000124. The van der Waals surface area contributed by atoms with Gasteiger partial charge in [0.1, 0.15) is 5.82 Å². The van der Waals surface area contributed by atoms with Crippen molar-refractivity contribution in [1.82, 2.24) is 15.0 Å². The predicted molar refractivity (Wildman–Crippen MR) is 123 cm³/mol. The molecule has 154 valence electrons. The van der Waals surface area contributed by atoms with Crippen LogP contribution in [0.5, 0.6) is 0 Å². The Morgan fingerprint density at radius 1 is 1.10 bits per heavy atom. The van der Waals surface area contributed by atoms with Crippen LogP contribution >= 0.6 is 15.9 Å². The zero-order chi connectivity index (χ0) is 21.5. The van der Waals surface area contributed by atoms with Gasteiger partial charge in [-0.05, 0) is 58.2 Å². The Morgan fingerprint density at radius 2 is 1.87 bits per heavy atom. The first-order valence-corrected chi connectivity index (χ1v) is 10.7. The minimum absolute atomic E-state index is 0.0375. The second-order valence-electron chi connectivity index (χ2n) is 6.49. The van der Waals surface area contributed by atoms with Gasteiger partial charge in [-0.3, -0.25) is 4.98 Å². The van der Waals surface area contributed by atoms with Gasteiger partial charge in [-0.15, -0.1) is 0 Å². The van der Waals surface area contributed by atoms with Crippen LogP contribution < -0.4 is 0 Å². The van der Waals surface area contributed by atoms with E-state index in [1.165, 1.54) is 12.7 Å². The Morgan fingerprint density at radius 3 is 2.53 bits per heavy atom. The van der Waals surface area contributed by atoms with Crippen LogP contribution in [0.4, 0.5) is 0 Å². The van der Waals surface area contributed by atoms with Crippen LogP contribution in [0.2, 0.25) is 0 Å². The minimum atomic E-state index is -0.367. The topological polar surface area (TPSA) is 67.9 Å². The van der Waals surface area contributed by atoms with Crippen molar-refractivity contribution in [3.63, 3.8) is 0 Å². The molecule has 30 heavy (non-hydrogen) atoms. The number of hydrogen-bond donors (Lipinski definition) is 1. The Kier molecular flexibility index (Phi) is 7.36. The van der Waals surface area contributed by atoms with Crippen LogP contribution in [0.1, 0.15) is 47.2 Å². The fourth-order valence-corrected chi connectivity index (χ4v) is 3.46. The third-order valence-electron chi connectivity index (χ3n) is 4.64. The van der Waals surface area contributed by atoms with Crippen LogP contribution in [-0.2, 0) is 11.2 Å². The molecule has 2 aromatic carbocycles. The average molecular weight is 466 g/mol. The lowest BCUT2D eigenvalue weighted by Crippen LogP contribution is -2.09. The van der Waals surface area contributed by atoms with Gasteiger partial charge < -0.3 is 9.72 Å². The highest BCUT2D eigenvalue weighted by molar-refractivity contribution is 9.10. The van der Waals surface area contributed by atoms with E-state index in [0.29, 0.717) is 5.56 Å². The summed E-state index contributed by atoms with van der Waals surface area (Å²) in [5.41, 5.74) is 4.23. The number of carbonyl (C=O) groups excluding carboxylic acids is 1. The summed E-state index contributed by atoms with van der Waals surface area (Å²) >= 11 is 3.44. The lowest BCUT2D eigenvalue weighted by atomic mass is 9.95. The number of imidazole rings is 1. The molecule has 4 aromatic rings. The summed E-state index contributed by atoms with van der Waals surface area (Å²) in [5, 5.41) is 0. The second-order valence-corrected chi connectivity index (χ2v) is 7.40. The van der Waals surface area contributed by atoms with Crippen molar-refractivity contribution < 1.29 is 9.53 Å². The van der Waals surface area contributed by atoms with Crippen molar-refractivity contribution in [3.05, 3.63) is 94.0 Å². The van der Waals surface area contributed by atoms with Gasteiger partial charge in [0.25, 0.3) is 0 Å². The highest BCUT2D eigenvalue weighted by Gasteiger charge is 2.21. The molecule has 1 N–H and O–H groups in total. The Hall–Kier alpha value is -2.99. The maximum Gasteiger partial charge on any atom is 0.337 e. The van der Waals surface area contributed by atoms with Gasteiger partial charge in [0, 0.05) is 10.7 Å². The van der Waals surface area contributed by atoms with Gasteiger partial charge >= 0.3 is 5.97 Å². The maximum atomic E-state index is 11.8. The molecular weight excluding hydrogens is 442 g/mol. The van der Waals surface area contributed by atoms with Crippen LogP contribution in [-0.4, -0.2) is 28.0 Å². The van der Waals surface area contributed by atoms with Crippen LogP contribution in [0.25, 0.3) is 11.0 Å². The zero-order valence-corrected chi connectivity index (χ0v) is 18.8. The number of nitrogens with zero attached hydrogens (tertiary/aromatic N) is 2. The van der Waals surface area contributed by atoms with Crippen LogP contribution in [0.15, 0.2) is 71.3 Å². The number of methoxy groups -OCH3 is 1. The van der Waals surface area contributed by atoms with Crippen molar-refractivity contribution >= 4 is 32.9 Å². The third-order valence-corrected chi connectivity index (χ3v) is 5.11. The molecule has 0 aliphatic carbocycles. The van der Waals surface area contributed by atoms with Crippen molar-refractivity contribution in [2.45, 2.75) is 26.2 Å². The lowest BCUT2D eigenvalue weighted by Gasteiger charge is -2.14. The average Bonchev–Trinajstić information content (AvgIpc) is 3.23. The number of rotatable bonds is 5. The first kappa shape index (κ1) is 21.7. The highest BCUT2D eigenvalue weighted by atomic mass is 79.9. The number of aromatic amines is 1. The molecule has 0 saturated carbocycles. The van der Waals surface area contributed by atoms with E-state index in [1.807, 2.05) is 50.2 Å². The first-order valence-electron chi connectivity index (χ1n) is 9.87. The summed E-state index contributed by atoms with van der Waals surface area (Å²) in [7, 11) is 1.38. The van der Waals surface area contributed by atoms with Gasteiger partial charge in [-0.1, -0.05) is 44.2 Å². The normalized spacial score (nSPS) is 11.5. The molecule has 0 aliphatic rings. The van der Waals surface area contributed by atoms with E-state index in [1.54, 1.807) is 18.3 Å². The van der Waals surface area contributed by atoms with E-state index in [-0.39, 0.29) is 11.9 Å². The third kappa shape index (κ3) is 4.94. The lowest BCUT2D eigenvalue weighted by molar-refractivity contribution is 0.0601. The van der Waals surface area contributed by atoms with Gasteiger partial charge in [0.05, 0.1) is 35.3 Å². The number of ether oxygens (including phenoxy) is 1. The van der Waals surface area contributed by atoms with Crippen LogP contribution in [0, 0.1) is 0 Å². The van der Waals surface area contributed by atoms with E-state index in [4.69, 9.17) is 9.72 Å². The van der Waals surface area contributed by atoms with Crippen molar-refractivity contribution in [2.75, 3.05) is 7.11 Å². The molecule has 0 aliphatic heterocycles. The second kappa shape index (κ2) is 10.2. The van der Waals surface area contributed by atoms with Crippen molar-refractivity contribution in [2.24, 2.45) is 0 Å². The molecule has 0 fully saturated rings. The molecule has 0 bridgehead atoms. The number of fused-ring (bicyclic) bond motifs is 1. The fraction of sp³-hybridized carbons (Fsp3) is 0.208. The minimum Gasteiger partial charge on any atom is -0.465 e. The monoisotopic (exact) mass is 465 g/mol. The number of pyridine rings is 1. The molecule has 2 aromatic heterocycles. The summed E-state index contributed by atoms with van der Waals surface area (Å²) in [6.45, 7) is 4.00. The molecule has 6 heteroatoms. The first-order chi connectivity index (χ1) is 14.6. The molecule has 0 amide bonds. The maximum absolute atomic E-state index is 11.8. The largest absolute Gasteiger partial charge is 0.465 e. The molecule has 5 nitrogen and oxygen atoms in total. The van der Waals surface area contributed by atoms with Gasteiger partial charge in [0.2, 0.25) is 0 Å². The molecule has 0 spiro atoms. The molecule has 2 heterocycles. The standard InChI is InChI=1S/C22H18BrN3O2.C2H6/c1-28-22(27)15-7-9-19-20(12-15)26-21(25-19)17(11-14-5-3-2-4-6-14)18-10-8-16(23)13-24-18;1-2/h2-10,12-13,17H,11H2,1H3,(H,25,26);1-2H3. The van der Waals surface area contributed by atoms with E-state index >= 15 is 0 Å². The quantitative estimate of drug-likeness (QED) is 0.372. The van der Waals surface area contributed by atoms with Gasteiger partial charge in [-0.2, -0.15) is 0 Å². The Bertz CT molecular complexity index is 1110. The van der Waals surface area contributed by atoms with E-state index in [0.717, 1.165) is 33.4 Å². The number of hydrogen-bond acceptors (Lipinski definition) is 4. The summed E-state index contributed by atoms with van der Waals surface area (Å²) in [6.07, 6.45) is 2.56. The summed E-state index contributed by atoms with van der Waals surface area (Å²) in [6, 6.07) is 19.6. The molecule has 1 unspecified atom stereocenters. The molecule has 0 radical (unpaired) electrons. The van der Waals surface area contributed by atoms with Crippen molar-refractivity contribution in [3.8, 4) is 0 Å². The number of benzene rings is 2.